The molecule has 120 valence electrons. The smallest absolute Gasteiger partial charge is 0.315 e. The summed E-state index contributed by atoms with van der Waals surface area (Å²) in [7, 11) is 0. The SMILES string of the molecule is CC(C)N1CC(NC(=O)NCCN2CCOCC2)CC1=O. The minimum absolute atomic E-state index is 0.0803. The fraction of sp³-hybridized carbons (Fsp3) is 0.857. The second-order valence-electron chi connectivity index (χ2n) is 5.90. The summed E-state index contributed by atoms with van der Waals surface area (Å²) in [5.74, 6) is 0.114. The zero-order chi connectivity index (χ0) is 15.2. The lowest BCUT2D eigenvalue weighted by atomic mass is 10.2. The Hall–Kier alpha value is -1.34. The lowest BCUT2D eigenvalue weighted by molar-refractivity contribution is -0.129. The summed E-state index contributed by atoms with van der Waals surface area (Å²) in [6.45, 7) is 9.40. The van der Waals surface area contributed by atoms with Gasteiger partial charge < -0.3 is 20.3 Å². The van der Waals surface area contributed by atoms with Gasteiger partial charge in [0.2, 0.25) is 5.91 Å². The average Bonchev–Trinajstić information content (AvgIpc) is 2.81. The van der Waals surface area contributed by atoms with Gasteiger partial charge in [-0.2, -0.15) is 0 Å². The van der Waals surface area contributed by atoms with E-state index in [1.807, 2.05) is 13.8 Å². The molecular formula is C14H26N4O3. The highest BCUT2D eigenvalue weighted by Gasteiger charge is 2.31. The molecule has 7 nitrogen and oxygen atoms in total. The third-order valence-electron chi connectivity index (χ3n) is 3.93. The number of carbonyl (C=O) groups excluding carboxylic acids is 2. The largest absolute Gasteiger partial charge is 0.379 e. The number of urea groups is 1. The molecule has 1 atom stereocenters. The van der Waals surface area contributed by atoms with Crippen molar-refractivity contribution in [1.82, 2.24) is 20.4 Å². The number of hydrogen-bond acceptors (Lipinski definition) is 4. The minimum atomic E-state index is -0.188. The number of amides is 3. The van der Waals surface area contributed by atoms with Gasteiger partial charge in [-0.25, -0.2) is 4.79 Å². The van der Waals surface area contributed by atoms with E-state index in [0.29, 0.717) is 19.5 Å². The Morgan fingerprint density at radius 1 is 1.38 bits per heavy atom. The number of hydrogen-bond donors (Lipinski definition) is 2. The summed E-state index contributed by atoms with van der Waals surface area (Å²) >= 11 is 0. The van der Waals surface area contributed by atoms with E-state index in [9.17, 15) is 9.59 Å². The summed E-state index contributed by atoms with van der Waals surface area (Å²) in [5.41, 5.74) is 0. The first-order valence-corrected chi connectivity index (χ1v) is 7.70. The predicted molar refractivity (Wildman–Crippen MR) is 79.0 cm³/mol. The molecule has 2 rings (SSSR count). The summed E-state index contributed by atoms with van der Waals surface area (Å²) in [4.78, 5) is 27.7. The lowest BCUT2D eigenvalue weighted by Crippen LogP contribution is -2.47. The molecular weight excluding hydrogens is 272 g/mol. The Morgan fingerprint density at radius 2 is 2.10 bits per heavy atom. The van der Waals surface area contributed by atoms with Crippen LogP contribution in [0.5, 0.6) is 0 Å². The molecule has 7 heteroatoms. The summed E-state index contributed by atoms with van der Waals surface area (Å²) in [5, 5.41) is 5.73. The first-order valence-electron chi connectivity index (χ1n) is 7.70. The Morgan fingerprint density at radius 3 is 2.71 bits per heavy atom. The number of ether oxygens (including phenoxy) is 1. The van der Waals surface area contributed by atoms with E-state index in [2.05, 4.69) is 15.5 Å². The van der Waals surface area contributed by atoms with Gasteiger partial charge in [-0.1, -0.05) is 0 Å². The average molecular weight is 298 g/mol. The Labute approximate surface area is 126 Å². The number of morpholine rings is 1. The van der Waals surface area contributed by atoms with Gasteiger partial charge in [0, 0.05) is 45.2 Å². The highest BCUT2D eigenvalue weighted by Crippen LogP contribution is 2.13. The normalized spacial score (nSPS) is 23.7. The van der Waals surface area contributed by atoms with Crippen LogP contribution in [0, 0.1) is 0 Å². The van der Waals surface area contributed by atoms with Crippen LogP contribution in [0.3, 0.4) is 0 Å². The number of likely N-dealkylation sites (tertiary alicyclic amines) is 1. The molecule has 2 saturated heterocycles. The van der Waals surface area contributed by atoms with E-state index in [1.54, 1.807) is 4.90 Å². The van der Waals surface area contributed by atoms with Crippen molar-refractivity contribution in [3.8, 4) is 0 Å². The number of rotatable bonds is 5. The topological polar surface area (TPSA) is 73.9 Å². The Bertz CT molecular complexity index is 369. The predicted octanol–water partition coefficient (Wildman–Crippen LogP) is -0.373. The van der Waals surface area contributed by atoms with E-state index < -0.39 is 0 Å². The molecule has 2 aliphatic rings. The minimum Gasteiger partial charge on any atom is -0.379 e. The van der Waals surface area contributed by atoms with Gasteiger partial charge in [0.05, 0.1) is 19.3 Å². The van der Waals surface area contributed by atoms with Crippen molar-refractivity contribution in [3.63, 3.8) is 0 Å². The molecule has 0 aromatic heterocycles. The molecule has 0 aromatic carbocycles. The second kappa shape index (κ2) is 7.61. The van der Waals surface area contributed by atoms with Crippen molar-refractivity contribution in [2.75, 3.05) is 45.9 Å². The van der Waals surface area contributed by atoms with Crippen LogP contribution in [0.15, 0.2) is 0 Å². The zero-order valence-corrected chi connectivity index (χ0v) is 12.9. The van der Waals surface area contributed by atoms with E-state index in [4.69, 9.17) is 4.74 Å². The highest BCUT2D eigenvalue weighted by atomic mass is 16.5. The Kier molecular flexibility index (Phi) is 5.81. The van der Waals surface area contributed by atoms with Crippen molar-refractivity contribution in [2.45, 2.75) is 32.4 Å². The molecule has 0 aromatic rings. The maximum atomic E-state index is 11.8. The van der Waals surface area contributed by atoms with Gasteiger partial charge in [-0.15, -0.1) is 0 Å². The molecule has 21 heavy (non-hydrogen) atoms. The summed E-state index contributed by atoms with van der Waals surface area (Å²) in [6.07, 6.45) is 0.398. The quantitative estimate of drug-likeness (QED) is 0.726. The molecule has 0 spiro atoms. The van der Waals surface area contributed by atoms with Crippen molar-refractivity contribution in [2.24, 2.45) is 0 Å². The summed E-state index contributed by atoms with van der Waals surface area (Å²) < 4.78 is 5.28. The van der Waals surface area contributed by atoms with E-state index >= 15 is 0 Å². The molecule has 0 aliphatic carbocycles. The van der Waals surface area contributed by atoms with Crippen LogP contribution in [0.25, 0.3) is 0 Å². The monoisotopic (exact) mass is 298 g/mol. The molecule has 0 saturated carbocycles. The third-order valence-corrected chi connectivity index (χ3v) is 3.93. The van der Waals surface area contributed by atoms with E-state index in [0.717, 1.165) is 32.8 Å². The van der Waals surface area contributed by atoms with Crippen molar-refractivity contribution >= 4 is 11.9 Å². The van der Waals surface area contributed by atoms with Crippen LogP contribution in [0.4, 0.5) is 4.79 Å². The van der Waals surface area contributed by atoms with Crippen LogP contribution in [0.1, 0.15) is 20.3 Å². The highest BCUT2D eigenvalue weighted by molar-refractivity contribution is 5.81. The second-order valence-corrected chi connectivity index (χ2v) is 5.90. The lowest BCUT2D eigenvalue weighted by Gasteiger charge is -2.26. The molecule has 2 fully saturated rings. The fourth-order valence-electron chi connectivity index (χ4n) is 2.72. The standard InChI is InChI=1S/C14H26N4O3/c1-11(2)18-10-12(9-13(18)19)16-14(20)15-3-4-17-5-7-21-8-6-17/h11-12H,3-10H2,1-2H3,(H2,15,16,20). The van der Waals surface area contributed by atoms with Gasteiger partial charge in [0.1, 0.15) is 0 Å². The maximum absolute atomic E-state index is 11.8. The van der Waals surface area contributed by atoms with Crippen molar-refractivity contribution in [1.29, 1.82) is 0 Å². The fourth-order valence-corrected chi connectivity index (χ4v) is 2.72. The molecule has 0 bridgehead atoms. The molecule has 3 amide bonds. The van der Waals surface area contributed by atoms with Gasteiger partial charge in [0.25, 0.3) is 0 Å². The molecule has 0 radical (unpaired) electrons. The van der Waals surface area contributed by atoms with Crippen molar-refractivity contribution < 1.29 is 14.3 Å². The summed E-state index contributed by atoms with van der Waals surface area (Å²) in [6, 6.07) is -0.0800. The van der Waals surface area contributed by atoms with Gasteiger partial charge in [-0.3, -0.25) is 9.69 Å². The van der Waals surface area contributed by atoms with Crippen LogP contribution in [0.2, 0.25) is 0 Å². The van der Waals surface area contributed by atoms with Gasteiger partial charge >= 0.3 is 6.03 Å². The zero-order valence-electron chi connectivity index (χ0n) is 12.9. The maximum Gasteiger partial charge on any atom is 0.315 e. The first-order chi connectivity index (χ1) is 10.1. The van der Waals surface area contributed by atoms with Gasteiger partial charge in [-0.05, 0) is 13.8 Å². The van der Waals surface area contributed by atoms with Crippen molar-refractivity contribution in [3.05, 3.63) is 0 Å². The van der Waals surface area contributed by atoms with Gasteiger partial charge in [0.15, 0.2) is 0 Å². The van der Waals surface area contributed by atoms with Crippen LogP contribution in [-0.2, 0) is 9.53 Å². The first kappa shape index (κ1) is 16.0. The molecule has 1 unspecified atom stereocenters. The van der Waals surface area contributed by atoms with E-state index in [-0.39, 0.29) is 24.0 Å². The van der Waals surface area contributed by atoms with Crippen LogP contribution >= 0.6 is 0 Å². The molecule has 2 heterocycles. The number of nitrogens with one attached hydrogen (secondary N) is 2. The Balaban J connectivity index is 1.62. The number of nitrogens with zero attached hydrogens (tertiary/aromatic N) is 2. The van der Waals surface area contributed by atoms with E-state index in [1.165, 1.54) is 0 Å². The number of carbonyl (C=O) groups is 2. The molecule has 2 aliphatic heterocycles. The molecule has 2 N–H and O–H groups in total. The van der Waals surface area contributed by atoms with Crippen LogP contribution < -0.4 is 10.6 Å². The van der Waals surface area contributed by atoms with Crippen LogP contribution in [-0.4, -0.2) is 79.8 Å². The third kappa shape index (κ3) is 4.86.